The van der Waals surface area contributed by atoms with Crippen molar-refractivity contribution in [2.24, 2.45) is 7.05 Å². The van der Waals surface area contributed by atoms with E-state index in [1.165, 1.54) is 16.8 Å². The van der Waals surface area contributed by atoms with E-state index in [1.54, 1.807) is 43.4 Å². The fourth-order valence-corrected chi connectivity index (χ4v) is 4.57. The van der Waals surface area contributed by atoms with E-state index in [1.807, 2.05) is 4.90 Å². The summed E-state index contributed by atoms with van der Waals surface area (Å²) in [5.41, 5.74) is 2.61. The van der Waals surface area contributed by atoms with Crippen molar-refractivity contribution >= 4 is 17.5 Å². The molecule has 0 saturated carbocycles. The highest BCUT2D eigenvalue weighted by Crippen LogP contribution is 2.31. The Kier molecular flexibility index (Phi) is 5.58. The number of ether oxygens (including phenoxy) is 1. The fraction of sp³-hybridized carbons (Fsp3) is 0.320. The molecule has 0 unspecified atom stereocenters. The summed E-state index contributed by atoms with van der Waals surface area (Å²) in [5, 5.41) is 7.24. The second kappa shape index (κ2) is 8.69. The maximum Gasteiger partial charge on any atom is 0.273 e. The standard InChI is InChI=1S/C25H25FN4O3/c1-29-22(15-21(28-29)16-5-7-17(26)8-6-16)24(31)27-18-9-10-23-20(14-18)25(32)30-12-3-2-4-19(30)11-13-33-23/h5-10,14-15,19H,2-4,11-13H2,1H3,(H,27,31)/t19-/m0/s1. The SMILES string of the molecule is Cn1nc(-c2ccc(F)cc2)cc1C(=O)Nc1ccc2c(c1)C(=O)N1CCCC[C@H]1CCO2. The molecule has 0 bridgehead atoms. The number of piperidine rings is 1. The molecule has 0 aliphatic carbocycles. The van der Waals surface area contributed by atoms with Crippen LogP contribution >= 0.6 is 0 Å². The van der Waals surface area contributed by atoms with E-state index in [0.29, 0.717) is 40.6 Å². The van der Waals surface area contributed by atoms with Gasteiger partial charge in [-0.1, -0.05) is 0 Å². The molecule has 7 nitrogen and oxygen atoms in total. The van der Waals surface area contributed by atoms with Gasteiger partial charge in [-0.2, -0.15) is 5.10 Å². The van der Waals surface area contributed by atoms with Crippen LogP contribution in [0.5, 0.6) is 5.75 Å². The Morgan fingerprint density at radius 1 is 1.12 bits per heavy atom. The second-order valence-corrected chi connectivity index (χ2v) is 8.50. The molecule has 2 aliphatic heterocycles. The Labute approximate surface area is 191 Å². The maximum atomic E-state index is 13.3. The minimum absolute atomic E-state index is 0.0513. The third kappa shape index (κ3) is 4.20. The van der Waals surface area contributed by atoms with Crippen molar-refractivity contribution in [2.45, 2.75) is 31.7 Å². The van der Waals surface area contributed by atoms with Crippen LogP contribution in [0.15, 0.2) is 48.5 Å². The normalized spacial score (nSPS) is 17.9. The van der Waals surface area contributed by atoms with Gasteiger partial charge in [0.05, 0.1) is 17.9 Å². The third-order valence-electron chi connectivity index (χ3n) is 6.32. The number of nitrogens with one attached hydrogen (secondary N) is 1. The van der Waals surface area contributed by atoms with Crippen LogP contribution in [0.4, 0.5) is 10.1 Å². The van der Waals surface area contributed by atoms with Crippen molar-refractivity contribution in [2.75, 3.05) is 18.5 Å². The Bertz CT molecular complexity index is 1200. The highest BCUT2D eigenvalue weighted by molar-refractivity contribution is 6.05. The van der Waals surface area contributed by atoms with Gasteiger partial charge in [-0.25, -0.2) is 4.39 Å². The van der Waals surface area contributed by atoms with Gasteiger partial charge in [0.15, 0.2) is 0 Å². The minimum Gasteiger partial charge on any atom is -0.493 e. The van der Waals surface area contributed by atoms with Gasteiger partial charge in [0, 0.05) is 37.3 Å². The Balaban J connectivity index is 1.39. The van der Waals surface area contributed by atoms with Gasteiger partial charge < -0.3 is 15.0 Å². The number of carbonyl (C=O) groups is 2. The fourth-order valence-electron chi connectivity index (χ4n) is 4.57. The van der Waals surface area contributed by atoms with Crippen LogP contribution in [0.1, 0.15) is 46.5 Å². The number of hydrogen-bond acceptors (Lipinski definition) is 4. The van der Waals surface area contributed by atoms with Gasteiger partial charge in [0.1, 0.15) is 17.3 Å². The summed E-state index contributed by atoms with van der Waals surface area (Å²) in [6.07, 6.45) is 3.96. The van der Waals surface area contributed by atoms with Gasteiger partial charge in [-0.15, -0.1) is 0 Å². The van der Waals surface area contributed by atoms with Crippen LogP contribution in [0.2, 0.25) is 0 Å². The van der Waals surface area contributed by atoms with Crippen molar-refractivity contribution in [3.63, 3.8) is 0 Å². The predicted octanol–water partition coefficient (Wildman–Crippen LogP) is 4.26. The molecule has 1 saturated heterocycles. The first-order valence-electron chi connectivity index (χ1n) is 11.2. The monoisotopic (exact) mass is 448 g/mol. The molecule has 5 rings (SSSR count). The molecule has 3 heterocycles. The lowest BCUT2D eigenvalue weighted by molar-refractivity contribution is 0.0548. The van der Waals surface area contributed by atoms with E-state index in [4.69, 9.17) is 4.74 Å². The molecule has 1 fully saturated rings. The lowest BCUT2D eigenvalue weighted by Crippen LogP contribution is -2.45. The lowest BCUT2D eigenvalue weighted by Gasteiger charge is -2.37. The van der Waals surface area contributed by atoms with E-state index in [2.05, 4.69) is 10.4 Å². The largest absolute Gasteiger partial charge is 0.493 e. The van der Waals surface area contributed by atoms with E-state index in [9.17, 15) is 14.0 Å². The Hall–Kier alpha value is -3.68. The molecular weight excluding hydrogens is 423 g/mol. The van der Waals surface area contributed by atoms with E-state index >= 15 is 0 Å². The predicted molar refractivity (Wildman–Crippen MR) is 122 cm³/mol. The number of benzene rings is 2. The molecule has 1 atom stereocenters. The van der Waals surface area contributed by atoms with Crippen LogP contribution in [-0.2, 0) is 7.05 Å². The number of nitrogens with zero attached hydrogens (tertiary/aromatic N) is 3. The number of hydrogen-bond donors (Lipinski definition) is 1. The zero-order chi connectivity index (χ0) is 22.9. The summed E-state index contributed by atoms with van der Waals surface area (Å²) in [4.78, 5) is 28.2. The molecule has 1 N–H and O–H groups in total. The van der Waals surface area contributed by atoms with Crippen LogP contribution in [0.25, 0.3) is 11.3 Å². The van der Waals surface area contributed by atoms with Crippen LogP contribution in [0, 0.1) is 5.82 Å². The highest BCUT2D eigenvalue weighted by atomic mass is 19.1. The summed E-state index contributed by atoms with van der Waals surface area (Å²) < 4.78 is 20.6. The zero-order valence-electron chi connectivity index (χ0n) is 18.4. The number of halogens is 1. The smallest absolute Gasteiger partial charge is 0.273 e. The van der Waals surface area contributed by atoms with Crippen LogP contribution in [-0.4, -0.2) is 45.7 Å². The zero-order valence-corrected chi connectivity index (χ0v) is 18.4. The van der Waals surface area contributed by atoms with Crippen molar-refractivity contribution in [1.82, 2.24) is 14.7 Å². The molecule has 8 heteroatoms. The highest BCUT2D eigenvalue weighted by Gasteiger charge is 2.31. The molecule has 1 aromatic heterocycles. The maximum absolute atomic E-state index is 13.3. The van der Waals surface area contributed by atoms with E-state index in [-0.39, 0.29) is 23.7 Å². The minimum atomic E-state index is -0.353. The average Bonchev–Trinajstić information content (AvgIpc) is 3.21. The number of aromatic nitrogens is 2. The van der Waals surface area contributed by atoms with Crippen LogP contribution in [0.3, 0.4) is 0 Å². The third-order valence-corrected chi connectivity index (χ3v) is 6.32. The molecule has 2 aliphatic rings. The van der Waals surface area contributed by atoms with Crippen molar-refractivity contribution in [3.8, 4) is 17.0 Å². The first-order chi connectivity index (χ1) is 16.0. The first-order valence-corrected chi connectivity index (χ1v) is 11.2. The number of carbonyl (C=O) groups excluding carboxylic acids is 2. The number of fused-ring (bicyclic) bond motifs is 2. The van der Waals surface area contributed by atoms with E-state index < -0.39 is 0 Å². The van der Waals surface area contributed by atoms with Gasteiger partial charge in [-0.05, 0) is 67.8 Å². The Morgan fingerprint density at radius 2 is 1.94 bits per heavy atom. The average molecular weight is 448 g/mol. The molecule has 170 valence electrons. The van der Waals surface area contributed by atoms with Gasteiger partial charge >= 0.3 is 0 Å². The summed E-state index contributed by atoms with van der Waals surface area (Å²) in [7, 11) is 1.68. The van der Waals surface area contributed by atoms with Crippen molar-refractivity contribution in [3.05, 3.63) is 65.6 Å². The quantitative estimate of drug-likeness (QED) is 0.650. The molecule has 0 spiro atoms. The number of rotatable bonds is 3. The number of anilines is 1. The summed E-state index contributed by atoms with van der Waals surface area (Å²) in [6, 6.07) is 13.0. The molecule has 2 amide bonds. The Morgan fingerprint density at radius 3 is 2.76 bits per heavy atom. The van der Waals surface area contributed by atoms with Crippen molar-refractivity contribution in [1.29, 1.82) is 0 Å². The lowest BCUT2D eigenvalue weighted by atomic mass is 9.97. The molecular formula is C25H25FN4O3. The summed E-state index contributed by atoms with van der Waals surface area (Å²) in [5.74, 6) is -0.194. The summed E-state index contributed by atoms with van der Waals surface area (Å²) >= 11 is 0. The van der Waals surface area contributed by atoms with Crippen LogP contribution < -0.4 is 10.1 Å². The van der Waals surface area contributed by atoms with E-state index in [0.717, 1.165) is 32.2 Å². The van der Waals surface area contributed by atoms with Gasteiger partial charge in [0.25, 0.3) is 11.8 Å². The van der Waals surface area contributed by atoms with Crippen molar-refractivity contribution < 1.29 is 18.7 Å². The molecule has 33 heavy (non-hydrogen) atoms. The molecule has 0 radical (unpaired) electrons. The first kappa shape index (κ1) is 21.2. The second-order valence-electron chi connectivity index (χ2n) is 8.50. The summed E-state index contributed by atoms with van der Waals surface area (Å²) in [6.45, 7) is 1.31. The topological polar surface area (TPSA) is 76.5 Å². The van der Waals surface area contributed by atoms with Gasteiger partial charge in [0.2, 0.25) is 0 Å². The molecule has 2 aromatic carbocycles. The van der Waals surface area contributed by atoms with Gasteiger partial charge in [-0.3, -0.25) is 14.3 Å². The molecule has 3 aromatic rings. The number of amides is 2. The number of aryl methyl sites for hydroxylation is 1.